The van der Waals surface area contributed by atoms with E-state index in [4.69, 9.17) is 0 Å². The number of ether oxygens (including phenoxy) is 1. The molecule has 0 bridgehead atoms. The summed E-state index contributed by atoms with van der Waals surface area (Å²) in [4.78, 5) is 10.4. The SMILES string of the molecule is Br.[CH2-]C(C)CC(=O)OC.[Zn]. The molecule has 0 spiro atoms. The number of esters is 1. The summed E-state index contributed by atoms with van der Waals surface area (Å²) in [5.74, 6) is -0.0325. The topological polar surface area (TPSA) is 26.3 Å². The van der Waals surface area contributed by atoms with Gasteiger partial charge in [0.1, 0.15) is 0 Å². The van der Waals surface area contributed by atoms with Gasteiger partial charge in [-0.2, -0.15) is 5.92 Å². The summed E-state index contributed by atoms with van der Waals surface area (Å²) in [6.45, 7) is 5.50. The molecule has 10 heavy (non-hydrogen) atoms. The van der Waals surface area contributed by atoms with Crippen molar-refractivity contribution in [2.75, 3.05) is 7.11 Å². The van der Waals surface area contributed by atoms with E-state index in [-0.39, 0.29) is 48.3 Å². The molecule has 2 nitrogen and oxygen atoms in total. The third-order valence-electron chi connectivity index (χ3n) is 0.743. The van der Waals surface area contributed by atoms with E-state index in [9.17, 15) is 4.79 Å². The molecule has 0 aliphatic carbocycles. The van der Waals surface area contributed by atoms with Crippen LogP contribution in [0.3, 0.4) is 0 Å². The second-order valence-electron chi connectivity index (χ2n) is 1.89. The van der Waals surface area contributed by atoms with E-state index in [1.807, 2.05) is 6.92 Å². The number of hydrogen-bond acceptors (Lipinski definition) is 2. The molecule has 0 aromatic carbocycles. The predicted molar refractivity (Wildman–Crippen MR) is 41.5 cm³/mol. The van der Waals surface area contributed by atoms with Gasteiger partial charge in [-0.15, -0.1) is 17.0 Å². The van der Waals surface area contributed by atoms with Gasteiger partial charge in [0.2, 0.25) is 0 Å². The van der Waals surface area contributed by atoms with E-state index < -0.39 is 0 Å². The second-order valence-corrected chi connectivity index (χ2v) is 1.89. The maximum atomic E-state index is 10.4. The van der Waals surface area contributed by atoms with Gasteiger partial charge in [0.25, 0.3) is 0 Å². The molecular formula is C6H12BrO2Zn-. The van der Waals surface area contributed by atoms with Crippen LogP contribution in [0, 0.1) is 12.8 Å². The van der Waals surface area contributed by atoms with Crippen molar-refractivity contribution in [3.05, 3.63) is 6.92 Å². The summed E-state index contributed by atoms with van der Waals surface area (Å²) >= 11 is 0. The third kappa shape index (κ3) is 11.4. The molecule has 0 amide bonds. The molecule has 0 aliphatic rings. The summed E-state index contributed by atoms with van der Waals surface area (Å²) in [5, 5.41) is 0. The Balaban J connectivity index is -0.000000245. The largest absolute Gasteiger partial charge is 0.469 e. The number of halogens is 1. The molecule has 0 heterocycles. The van der Waals surface area contributed by atoms with Crippen LogP contribution in [-0.2, 0) is 29.0 Å². The van der Waals surface area contributed by atoms with Crippen LogP contribution in [-0.4, -0.2) is 13.1 Å². The first-order chi connectivity index (χ1) is 3.66. The van der Waals surface area contributed by atoms with Gasteiger partial charge >= 0.3 is 5.97 Å². The van der Waals surface area contributed by atoms with Gasteiger partial charge < -0.3 is 11.7 Å². The molecule has 0 aromatic rings. The summed E-state index contributed by atoms with van der Waals surface area (Å²) in [6, 6.07) is 0. The van der Waals surface area contributed by atoms with E-state index in [1.165, 1.54) is 7.11 Å². The molecule has 0 saturated carbocycles. The molecule has 0 N–H and O–H groups in total. The molecule has 0 aliphatic heterocycles. The van der Waals surface area contributed by atoms with Crippen LogP contribution in [0.25, 0.3) is 0 Å². The maximum absolute atomic E-state index is 10.4. The van der Waals surface area contributed by atoms with E-state index in [0.717, 1.165) is 0 Å². The monoisotopic (exact) mass is 259 g/mol. The predicted octanol–water partition coefficient (Wildman–Crippen LogP) is 1.60. The zero-order chi connectivity index (χ0) is 6.57. The number of methoxy groups -OCH3 is 1. The molecule has 58 valence electrons. The van der Waals surface area contributed by atoms with E-state index >= 15 is 0 Å². The number of carbonyl (C=O) groups is 1. The van der Waals surface area contributed by atoms with Crippen molar-refractivity contribution in [1.29, 1.82) is 0 Å². The standard InChI is InChI=1S/C6H11O2.BrH.Zn/c1-5(2)4-6(7)8-3;;/h5H,1,4H2,2-3H3;1H;/q-1;;. The van der Waals surface area contributed by atoms with Gasteiger partial charge in [-0.05, 0) is 0 Å². The number of rotatable bonds is 2. The Bertz CT molecular complexity index is 85.8. The molecule has 0 saturated heterocycles. The van der Waals surface area contributed by atoms with Crippen LogP contribution in [0.4, 0.5) is 0 Å². The smallest absolute Gasteiger partial charge is 0.303 e. The molecule has 1 atom stereocenters. The molecule has 4 heteroatoms. The normalized spacial score (nSPS) is 10.3. The Morgan fingerprint density at radius 1 is 1.70 bits per heavy atom. The fourth-order valence-corrected chi connectivity index (χ4v) is 0.368. The first-order valence-corrected chi connectivity index (χ1v) is 2.56. The first-order valence-electron chi connectivity index (χ1n) is 2.56. The summed E-state index contributed by atoms with van der Waals surface area (Å²) in [6.07, 6.45) is 0.413. The van der Waals surface area contributed by atoms with Crippen molar-refractivity contribution in [3.8, 4) is 0 Å². The van der Waals surface area contributed by atoms with E-state index in [0.29, 0.717) is 6.42 Å². The van der Waals surface area contributed by atoms with Crippen molar-refractivity contribution in [2.45, 2.75) is 13.3 Å². The van der Waals surface area contributed by atoms with E-state index in [1.54, 1.807) is 0 Å². The zero-order valence-electron chi connectivity index (χ0n) is 6.42. The summed E-state index contributed by atoms with van der Waals surface area (Å²) < 4.78 is 4.38. The summed E-state index contributed by atoms with van der Waals surface area (Å²) in [5.41, 5.74) is 0. The second kappa shape index (κ2) is 9.57. The number of carbonyl (C=O) groups excluding carboxylic acids is 1. The Kier molecular flexibility index (Phi) is 16.2. The van der Waals surface area contributed by atoms with Crippen molar-refractivity contribution >= 4 is 23.0 Å². The zero-order valence-corrected chi connectivity index (χ0v) is 11.1. The van der Waals surface area contributed by atoms with Gasteiger partial charge in [0.05, 0.1) is 7.11 Å². The van der Waals surface area contributed by atoms with Crippen LogP contribution in [0.2, 0.25) is 0 Å². The Morgan fingerprint density at radius 2 is 2.10 bits per heavy atom. The third-order valence-corrected chi connectivity index (χ3v) is 0.743. The Morgan fingerprint density at radius 3 is 2.20 bits per heavy atom. The molecule has 0 rings (SSSR count). The molecule has 0 radical (unpaired) electrons. The van der Waals surface area contributed by atoms with Gasteiger partial charge in [0, 0.05) is 25.9 Å². The van der Waals surface area contributed by atoms with Crippen molar-refractivity contribution in [1.82, 2.24) is 0 Å². The minimum Gasteiger partial charge on any atom is -0.469 e. The van der Waals surface area contributed by atoms with Gasteiger partial charge in [-0.3, -0.25) is 4.79 Å². The fraction of sp³-hybridized carbons (Fsp3) is 0.667. The van der Waals surface area contributed by atoms with Gasteiger partial charge in [0.15, 0.2) is 0 Å². The maximum Gasteiger partial charge on any atom is 0.303 e. The van der Waals surface area contributed by atoms with Crippen LogP contribution in [0.5, 0.6) is 0 Å². The van der Waals surface area contributed by atoms with Crippen LogP contribution >= 0.6 is 17.0 Å². The van der Waals surface area contributed by atoms with Gasteiger partial charge in [-0.1, -0.05) is 6.92 Å². The quantitative estimate of drug-likeness (QED) is 0.429. The summed E-state index contributed by atoms with van der Waals surface area (Å²) in [7, 11) is 1.38. The first kappa shape index (κ1) is 16.9. The fourth-order valence-electron chi connectivity index (χ4n) is 0.368. The Hall–Kier alpha value is 0.573. The minimum atomic E-state index is -0.187. The average Bonchev–Trinajstić information content (AvgIpc) is 1.65. The number of hydrogen-bond donors (Lipinski definition) is 0. The van der Waals surface area contributed by atoms with Crippen molar-refractivity contribution in [2.24, 2.45) is 5.92 Å². The van der Waals surface area contributed by atoms with E-state index in [2.05, 4.69) is 11.7 Å². The van der Waals surface area contributed by atoms with Crippen molar-refractivity contribution < 1.29 is 29.0 Å². The molecular weight excluding hydrogens is 249 g/mol. The van der Waals surface area contributed by atoms with Crippen LogP contribution < -0.4 is 0 Å². The average molecular weight is 261 g/mol. The van der Waals surface area contributed by atoms with Crippen molar-refractivity contribution in [3.63, 3.8) is 0 Å². The Labute approximate surface area is 85.2 Å². The molecule has 1 unspecified atom stereocenters. The van der Waals surface area contributed by atoms with Crippen LogP contribution in [0.1, 0.15) is 13.3 Å². The molecule has 0 fully saturated rings. The van der Waals surface area contributed by atoms with Crippen LogP contribution in [0.15, 0.2) is 0 Å². The molecule has 0 aromatic heterocycles. The minimum absolute atomic E-state index is 0. The van der Waals surface area contributed by atoms with Gasteiger partial charge in [-0.25, -0.2) is 0 Å².